The Morgan fingerprint density at radius 3 is 2.68 bits per heavy atom. The molecule has 0 radical (unpaired) electrons. The van der Waals surface area contributed by atoms with Crippen LogP contribution in [0.5, 0.6) is 0 Å². The van der Waals surface area contributed by atoms with Crippen LogP contribution in [0.4, 0.5) is 0 Å². The molecule has 1 aliphatic rings. The van der Waals surface area contributed by atoms with Crippen LogP contribution in [0.1, 0.15) is 27.2 Å². The second kappa shape index (κ2) is 13.2. The molecule has 1 heterocycles. The molecule has 1 atom stereocenters. The standard InChI is InChI=1S/C27H33N/c1-7-9-11-19-24(4)25(5)22-27(16-8-2)28-21-15-14-18-23(3)17-12-10-13-20-26(28)6/h7-16,18-22,26H,2-4,17H2,1,5-6H3/b9-7-,12-10-,18-14-,19-11-,20-13-,21-15-,25-22+,27-16+. The van der Waals surface area contributed by atoms with Crippen LogP contribution in [-0.4, -0.2) is 10.9 Å². The van der Waals surface area contributed by atoms with E-state index in [1.807, 2.05) is 61.6 Å². The molecule has 1 aliphatic heterocycles. The molecular weight excluding hydrogens is 338 g/mol. The van der Waals surface area contributed by atoms with E-state index in [0.29, 0.717) is 0 Å². The zero-order valence-corrected chi connectivity index (χ0v) is 17.5. The lowest BCUT2D eigenvalue weighted by molar-refractivity contribution is 0.428. The average molecular weight is 372 g/mol. The van der Waals surface area contributed by atoms with Gasteiger partial charge in [0.05, 0.1) is 0 Å². The van der Waals surface area contributed by atoms with Gasteiger partial charge in [-0.05, 0) is 56.6 Å². The van der Waals surface area contributed by atoms with Crippen molar-refractivity contribution in [3.63, 3.8) is 0 Å². The molecule has 0 aliphatic carbocycles. The molecule has 1 heteroatoms. The third-order valence-corrected chi connectivity index (χ3v) is 4.20. The largest absolute Gasteiger partial charge is 0.341 e. The molecule has 146 valence electrons. The fraction of sp³-hybridized carbons (Fsp3) is 0.185. The highest BCUT2D eigenvalue weighted by atomic mass is 15.1. The third-order valence-electron chi connectivity index (χ3n) is 4.20. The van der Waals surface area contributed by atoms with E-state index >= 15 is 0 Å². The van der Waals surface area contributed by atoms with E-state index in [1.54, 1.807) is 0 Å². The van der Waals surface area contributed by atoms with Crippen molar-refractivity contribution in [2.24, 2.45) is 0 Å². The van der Waals surface area contributed by atoms with E-state index in [1.165, 1.54) is 0 Å². The van der Waals surface area contributed by atoms with Gasteiger partial charge in [-0.15, -0.1) is 0 Å². The summed E-state index contributed by atoms with van der Waals surface area (Å²) in [6.45, 7) is 18.4. The molecule has 0 amide bonds. The average Bonchev–Trinajstić information content (AvgIpc) is 2.66. The van der Waals surface area contributed by atoms with E-state index < -0.39 is 0 Å². The fourth-order valence-corrected chi connectivity index (χ4v) is 2.53. The monoisotopic (exact) mass is 371 g/mol. The molecule has 0 bridgehead atoms. The van der Waals surface area contributed by atoms with Crippen LogP contribution >= 0.6 is 0 Å². The van der Waals surface area contributed by atoms with Gasteiger partial charge >= 0.3 is 0 Å². The van der Waals surface area contributed by atoms with Crippen molar-refractivity contribution in [1.82, 2.24) is 4.90 Å². The molecule has 1 nitrogen and oxygen atoms in total. The van der Waals surface area contributed by atoms with Crippen LogP contribution in [0.25, 0.3) is 0 Å². The van der Waals surface area contributed by atoms with Gasteiger partial charge in [-0.3, -0.25) is 0 Å². The Bertz CT molecular complexity index is 788. The second-order valence-electron chi connectivity index (χ2n) is 6.59. The summed E-state index contributed by atoms with van der Waals surface area (Å²) in [7, 11) is 0. The van der Waals surface area contributed by atoms with Crippen LogP contribution in [0.3, 0.4) is 0 Å². The predicted octanol–water partition coefficient (Wildman–Crippen LogP) is 7.52. The lowest BCUT2D eigenvalue weighted by Crippen LogP contribution is -2.25. The van der Waals surface area contributed by atoms with E-state index in [2.05, 4.69) is 75.1 Å². The number of hydrogen-bond donors (Lipinski definition) is 0. The minimum Gasteiger partial charge on any atom is -0.341 e. The van der Waals surface area contributed by atoms with Gasteiger partial charge in [0, 0.05) is 17.9 Å². The first kappa shape index (κ1) is 23.0. The number of hydrogen-bond acceptors (Lipinski definition) is 1. The summed E-state index contributed by atoms with van der Waals surface area (Å²) in [5.41, 5.74) is 4.22. The molecule has 1 rings (SSSR count). The van der Waals surface area contributed by atoms with E-state index in [9.17, 15) is 0 Å². The van der Waals surface area contributed by atoms with Crippen LogP contribution in [-0.2, 0) is 0 Å². The van der Waals surface area contributed by atoms with Gasteiger partial charge in [0.2, 0.25) is 0 Å². The highest BCUT2D eigenvalue weighted by Gasteiger charge is 2.10. The molecule has 0 aromatic rings. The minimum absolute atomic E-state index is 0.180. The molecule has 0 saturated carbocycles. The van der Waals surface area contributed by atoms with Gasteiger partial charge in [-0.1, -0.05) is 92.1 Å². The normalized spacial score (nSPS) is 23.9. The van der Waals surface area contributed by atoms with E-state index in [4.69, 9.17) is 0 Å². The zero-order valence-electron chi connectivity index (χ0n) is 17.5. The minimum atomic E-state index is 0.180. The predicted molar refractivity (Wildman–Crippen MR) is 127 cm³/mol. The first-order valence-electron chi connectivity index (χ1n) is 9.63. The SMILES string of the molecule is C=C/C=C(\C=C(/C)C(=C)/C=C\C=C/C)N1/C=C\C=C/C(=C)C/C=C\C=C/C1C. The van der Waals surface area contributed by atoms with Crippen molar-refractivity contribution in [2.45, 2.75) is 33.2 Å². The smallest absolute Gasteiger partial charge is 0.0491 e. The first-order valence-corrected chi connectivity index (χ1v) is 9.63. The Balaban J connectivity index is 3.24. The molecule has 0 fully saturated rings. The Morgan fingerprint density at radius 2 is 1.96 bits per heavy atom. The topological polar surface area (TPSA) is 3.24 Å². The molecular formula is C27H33N. The van der Waals surface area contributed by atoms with Crippen molar-refractivity contribution in [3.8, 4) is 0 Å². The summed E-state index contributed by atoms with van der Waals surface area (Å²) in [6, 6.07) is 0.180. The van der Waals surface area contributed by atoms with Crippen molar-refractivity contribution in [2.75, 3.05) is 0 Å². The van der Waals surface area contributed by atoms with E-state index in [0.717, 1.165) is 28.8 Å². The second-order valence-corrected chi connectivity index (χ2v) is 6.59. The van der Waals surface area contributed by atoms with Crippen LogP contribution in [0, 0.1) is 0 Å². The highest BCUT2D eigenvalue weighted by Crippen LogP contribution is 2.19. The van der Waals surface area contributed by atoms with Crippen molar-refractivity contribution < 1.29 is 0 Å². The third kappa shape index (κ3) is 8.55. The Labute approximate surface area is 171 Å². The van der Waals surface area contributed by atoms with Gasteiger partial charge in [-0.25, -0.2) is 0 Å². The van der Waals surface area contributed by atoms with Crippen molar-refractivity contribution in [1.29, 1.82) is 0 Å². The summed E-state index contributed by atoms with van der Waals surface area (Å²) < 4.78 is 0. The molecule has 0 saturated heterocycles. The summed E-state index contributed by atoms with van der Waals surface area (Å²) in [6.07, 6.45) is 31.5. The molecule has 1 unspecified atom stereocenters. The Morgan fingerprint density at radius 1 is 1.18 bits per heavy atom. The quantitative estimate of drug-likeness (QED) is 0.436. The summed E-state index contributed by atoms with van der Waals surface area (Å²) in [4.78, 5) is 2.22. The molecule has 0 spiro atoms. The molecule has 0 aromatic heterocycles. The van der Waals surface area contributed by atoms with Gasteiger partial charge in [0.25, 0.3) is 0 Å². The van der Waals surface area contributed by atoms with Crippen molar-refractivity contribution in [3.05, 3.63) is 133 Å². The van der Waals surface area contributed by atoms with Gasteiger partial charge in [0.15, 0.2) is 0 Å². The Kier molecular flexibility index (Phi) is 10.8. The summed E-state index contributed by atoms with van der Waals surface area (Å²) in [5.74, 6) is 0. The Hall–Kier alpha value is -3.06. The highest BCUT2D eigenvalue weighted by molar-refractivity contribution is 5.42. The maximum atomic E-state index is 4.17. The van der Waals surface area contributed by atoms with Crippen LogP contribution < -0.4 is 0 Å². The molecule has 28 heavy (non-hydrogen) atoms. The number of nitrogens with zero attached hydrogens (tertiary/aromatic N) is 1. The lowest BCUT2D eigenvalue weighted by Gasteiger charge is -2.27. The number of allylic oxidation sites excluding steroid dienone is 16. The van der Waals surface area contributed by atoms with Gasteiger partial charge in [0.1, 0.15) is 0 Å². The zero-order chi connectivity index (χ0) is 20.8. The van der Waals surface area contributed by atoms with Gasteiger partial charge < -0.3 is 4.90 Å². The van der Waals surface area contributed by atoms with Crippen LogP contribution in [0.15, 0.2) is 133 Å². The first-order chi connectivity index (χ1) is 13.5. The molecule has 0 aromatic carbocycles. The lowest BCUT2D eigenvalue weighted by atomic mass is 10.1. The van der Waals surface area contributed by atoms with Gasteiger partial charge in [-0.2, -0.15) is 0 Å². The maximum Gasteiger partial charge on any atom is 0.0491 e. The maximum absolute atomic E-state index is 4.17. The number of rotatable bonds is 6. The fourth-order valence-electron chi connectivity index (χ4n) is 2.53. The summed E-state index contributed by atoms with van der Waals surface area (Å²) >= 11 is 0. The van der Waals surface area contributed by atoms with E-state index in [-0.39, 0.29) is 6.04 Å². The van der Waals surface area contributed by atoms with Crippen molar-refractivity contribution >= 4 is 0 Å². The summed E-state index contributed by atoms with van der Waals surface area (Å²) in [5, 5.41) is 0. The van der Waals surface area contributed by atoms with Crippen LogP contribution in [0.2, 0.25) is 0 Å². The molecule has 0 N–H and O–H groups in total.